The van der Waals surface area contributed by atoms with E-state index in [1.807, 2.05) is 25.3 Å². The maximum absolute atomic E-state index is 8.33. The normalized spacial score (nSPS) is 12.3. The fourth-order valence-corrected chi connectivity index (χ4v) is 1.71. The van der Waals surface area contributed by atoms with E-state index in [1.165, 1.54) is 10.9 Å². The van der Waals surface area contributed by atoms with Crippen LogP contribution in [0.25, 0.3) is 21.3 Å². The number of aromatic nitrogens is 1. The summed E-state index contributed by atoms with van der Waals surface area (Å²) in [4.78, 5) is 2.81. The lowest BCUT2D eigenvalue weighted by Crippen LogP contribution is -2.08. The summed E-state index contributed by atoms with van der Waals surface area (Å²) in [7, 11) is 0. The Hall–Kier alpha value is -1.93. The van der Waals surface area contributed by atoms with E-state index in [-0.39, 0.29) is 6.04 Å². The summed E-state index contributed by atoms with van der Waals surface area (Å²) >= 11 is 0. The zero-order chi connectivity index (χ0) is 10.7. The van der Waals surface area contributed by atoms with Gasteiger partial charge in [-0.25, -0.2) is 0 Å². The highest BCUT2D eigenvalue weighted by Gasteiger charge is 2.03. The second-order valence-electron chi connectivity index (χ2n) is 3.58. The largest absolute Gasteiger partial charge is 0.347 e. The molecule has 0 saturated heterocycles. The molecule has 1 atom stereocenters. The average Bonchev–Trinajstić information content (AvgIpc) is 2.62. The summed E-state index contributed by atoms with van der Waals surface area (Å²) in [5, 5.41) is 4.88. The second kappa shape index (κ2) is 4.07. The Morgan fingerprint density at radius 1 is 1.40 bits per heavy atom. The van der Waals surface area contributed by atoms with E-state index in [4.69, 9.17) is 5.53 Å². The van der Waals surface area contributed by atoms with Crippen molar-refractivity contribution in [2.24, 2.45) is 5.11 Å². The van der Waals surface area contributed by atoms with Crippen LogP contribution in [0.1, 0.15) is 6.92 Å². The number of fused-ring (bicyclic) bond motifs is 1. The topological polar surface area (TPSA) is 53.7 Å². The van der Waals surface area contributed by atoms with Gasteiger partial charge in [0.2, 0.25) is 0 Å². The highest BCUT2D eigenvalue weighted by atomic mass is 15.2. The van der Waals surface area contributed by atoms with Crippen molar-refractivity contribution in [1.82, 2.24) is 4.57 Å². The SMILES string of the molecule is CC(Cn1ccc2ccccc21)N=[N+]=[N-]. The number of hydrogen-bond acceptors (Lipinski definition) is 1. The van der Waals surface area contributed by atoms with E-state index < -0.39 is 0 Å². The molecular formula is C11H12N4. The smallest absolute Gasteiger partial charge is 0.0525 e. The minimum Gasteiger partial charge on any atom is -0.347 e. The molecule has 0 aliphatic rings. The van der Waals surface area contributed by atoms with Gasteiger partial charge in [-0.15, -0.1) is 0 Å². The van der Waals surface area contributed by atoms with Gasteiger partial charge in [0.1, 0.15) is 0 Å². The van der Waals surface area contributed by atoms with Crippen molar-refractivity contribution >= 4 is 10.9 Å². The van der Waals surface area contributed by atoms with Gasteiger partial charge in [0.25, 0.3) is 0 Å². The first-order valence-electron chi connectivity index (χ1n) is 4.89. The van der Waals surface area contributed by atoms with Crippen molar-refractivity contribution in [2.75, 3.05) is 0 Å². The van der Waals surface area contributed by atoms with Crippen LogP contribution in [-0.2, 0) is 6.54 Å². The van der Waals surface area contributed by atoms with E-state index in [2.05, 4.69) is 32.8 Å². The van der Waals surface area contributed by atoms with Crippen LogP contribution in [0.2, 0.25) is 0 Å². The summed E-state index contributed by atoms with van der Waals surface area (Å²) in [6.07, 6.45) is 2.02. The Kier molecular flexibility index (Phi) is 2.61. The van der Waals surface area contributed by atoms with Crippen LogP contribution in [0.15, 0.2) is 41.6 Å². The minimum atomic E-state index is -0.0224. The molecule has 15 heavy (non-hydrogen) atoms. The summed E-state index contributed by atoms with van der Waals surface area (Å²) < 4.78 is 2.11. The zero-order valence-electron chi connectivity index (χ0n) is 8.54. The van der Waals surface area contributed by atoms with Gasteiger partial charge in [0, 0.05) is 23.2 Å². The van der Waals surface area contributed by atoms with Crippen LogP contribution in [0.3, 0.4) is 0 Å². The van der Waals surface area contributed by atoms with Gasteiger partial charge in [-0.2, -0.15) is 0 Å². The van der Waals surface area contributed by atoms with Crippen LogP contribution in [0.5, 0.6) is 0 Å². The number of rotatable bonds is 3. The van der Waals surface area contributed by atoms with Gasteiger partial charge in [0.15, 0.2) is 0 Å². The van der Waals surface area contributed by atoms with E-state index >= 15 is 0 Å². The van der Waals surface area contributed by atoms with Gasteiger partial charge < -0.3 is 4.57 Å². The number of azide groups is 1. The molecule has 76 valence electrons. The molecule has 0 fully saturated rings. The van der Waals surface area contributed by atoms with E-state index in [1.54, 1.807) is 0 Å². The van der Waals surface area contributed by atoms with Gasteiger partial charge >= 0.3 is 0 Å². The number of nitrogens with zero attached hydrogens (tertiary/aromatic N) is 4. The first-order chi connectivity index (χ1) is 7.31. The lowest BCUT2D eigenvalue weighted by molar-refractivity contribution is 0.602. The molecule has 4 nitrogen and oxygen atoms in total. The fourth-order valence-electron chi connectivity index (χ4n) is 1.71. The average molecular weight is 200 g/mol. The molecule has 2 rings (SSSR count). The molecule has 0 bridgehead atoms. The van der Waals surface area contributed by atoms with E-state index in [9.17, 15) is 0 Å². The van der Waals surface area contributed by atoms with Crippen LogP contribution >= 0.6 is 0 Å². The number of benzene rings is 1. The summed E-state index contributed by atoms with van der Waals surface area (Å²) in [6.45, 7) is 2.63. The minimum absolute atomic E-state index is 0.0224. The molecule has 0 saturated carbocycles. The molecule has 0 aliphatic heterocycles. The van der Waals surface area contributed by atoms with Crippen molar-refractivity contribution in [3.8, 4) is 0 Å². The van der Waals surface area contributed by atoms with Crippen molar-refractivity contribution in [1.29, 1.82) is 0 Å². The Balaban J connectivity index is 2.32. The molecule has 4 heteroatoms. The Bertz CT molecular complexity index is 508. The van der Waals surface area contributed by atoms with E-state index in [0.717, 1.165) is 6.54 Å². The van der Waals surface area contributed by atoms with Crippen LogP contribution in [0, 0.1) is 0 Å². The van der Waals surface area contributed by atoms with Crippen molar-refractivity contribution in [3.05, 3.63) is 47.0 Å². The quantitative estimate of drug-likeness (QED) is 0.414. The van der Waals surface area contributed by atoms with E-state index in [0.29, 0.717) is 0 Å². The molecule has 0 aliphatic carbocycles. The van der Waals surface area contributed by atoms with Gasteiger partial charge in [-0.1, -0.05) is 30.2 Å². The molecule has 0 spiro atoms. The maximum Gasteiger partial charge on any atom is 0.0525 e. The summed E-state index contributed by atoms with van der Waals surface area (Å²) in [6, 6.07) is 10.2. The lowest BCUT2D eigenvalue weighted by atomic mass is 10.2. The Labute approximate surface area is 87.8 Å². The van der Waals surface area contributed by atoms with Crippen molar-refractivity contribution < 1.29 is 0 Å². The zero-order valence-corrected chi connectivity index (χ0v) is 8.54. The molecule has 1 aromatic carbocycles. The molecular weight excluding hydrogens is 188 g/mol. The van der Waals surface area contributed by atoms with Gasteiger partial charge in [0.05, 0.1) is 6.04 Å². The molecule has 1 aromatic heterocycles. The number of para-hydroxylation sites is 1. The summed E-state index contributed by atoms with van der Waals surface area (Å²) in [5.74, 6) is 0. The van der Waals surface area contributed by atoms with Crippen LogP contribution in [0.4, 0.5) is 0 Å². The number of hydrogen-bond donors (Lipinski definition) is 0. The third-order valence-corrected chi connectivity index (χ3v) is 2.39. The predicted octanol–water partition coefficient (Wildman–Crippen LogP) is 3.34. The van der Waals surface area contributed by atoms with Crippen LogP contribution < -0.4 is 0 Å². The van der Waals surface area contributed by atoms with Gasteiger partial charge in [-0.05, 0) is 23.1 Å². The van der Waals surface area contributed by atoms with Crippen LogP contribution in [-0.4, -0.2) is 10.6 Å². The molecule has 1 unspecified atom stereocenters. The molecule has 2 aromatic rings. The standard InChI is InChI=1S/C11H12N4/c1-9(13-14-12)8-15-7-6-10-4-2-3-5-11(10)15/h2-7,9H,8H2,1H3. The third-order valence-electron chi connectivity index (χ3n) is 2.39. The Morgan fingerprint density at radius 3 is 3.00 bits per heavy atom. The second-order valence-corrected chi connectivity index (χ2v) is 3.58. The molecule has 1 heterocycles. The monoisotopic (exact) mass is 200 g/mol. The third kappa shape index (κ3) is 1.95. The lowest BCUT2D eigenvalue weighted by Gasteiger charge is -2.07. The summed E-state index contributed by atoms with van der Waals surface area (Å²) in [5.41, 5.74) is 9.51. The predicted molar refractivity (Wildman–Crippen MR) is 60.5 cm³/mol. The van der Waals surface area contributed by atoms with Gasteiger partial charge in [-0.3, -0.25) is 0 Å². The fraction of sp³-hybridized carbons (Fsp3) is 0.273. The molecule has 0 radical (unpaired) electrons. The van der Waals surface area contributed by atoms with Crippen molar-refractivity contribution in [3.63, 3.8) is 0 Å². The molecule has 0 N–H and O–H groups in total. The first-order valence-corrected chi connectivity index (χ1v) is 4.89. The molecule has 0 amide bonds. The maximum atomic E-state index is 8.33. The highest BCUT2D eigenvalue weighted by molar-refractivity contribution is 5.79. The first kappa shape index (κ1) is 9.62. The highest BCUT2D eigenvalue weighted by Crippen LogP contribution is 2.15. The van der Waals surface area contributed by atoms with Crippen molar-refractivity contribution in [2.45, 2.75) is 19.5 Å². The Morgan fingerprint density at radius 2 is 2.20 bits per heavy atom.